The maximum Gasteiger partial charge on any atom is 0.327 e. The molecule has 0 spiro atoms. The van der Waals surface area contributed by atoms with Gasteiger partial charge in [0.05, 0.1) is 17.2 Å². The summed E-state index contributed by atoms with van der Waals surface area (Å²) in [4.78, 5) is 24.3. The van der Waals surface area contributed by atoms with Crippen LogP contribution < -0.4 is 5.32 Å². The summed E-state index contributed by atoms with van der Waals surface area (Å²) in [5, 5.41) is 12.4. The Morgan fingerprint density at radius 1 is 1.47 bits per heavy atom. The molecular weight excluding hydrogens is 292 g/mol. The molecule has 106 valence electrons. The zero-order valence-electron chi connectivity index (χ0n) is 10.1. The first-order chi connectivity index (χ1) is 8.80. The minimum Gasteiger partial charge on any atom is -0.480 e. The molecule has 0 radical (unpaired) electrons. The average molecular weight is 306 g/mol. The third-order valence-corrected chi connectivity index (χ3v) is 5.59. The van der Waals surface area contributed by atoms with Gasteiger partial charge >= 0.3 is 12.0 Å². The monoisotopic (exact) mass is 306 g/mol. The van der Waals surface area contributed by atoms with Gasteiger partial charge in [0.2, 0.25) is 0 Å². The van der Waals surface area contributed by atoms with Crippen LogP contribution in [0.3, 0.4) is 0 Å². The minimum absolute atomic E-state index is 0.175. The molecule has 2 heterocycles. The van der Waals surface area contributed by atoms with E-state index in [4.69, 9.17) is 5.11 Å². The summed E-state index contributed by atoms with van der Waals surface area (Å²) in [6, 6.07) is -2.01. The van der Waals surface area contributed by atoms with E-state index in [1.54, 1.807) is 6.92 Å². The molecule has 3 atom stereocenters. The van der Waals surface area contributed by atoms with Gasteiger partial charge in [-0.1, -0.05) is 0 Å². The van der Waals surface area contributed by atoms with Gasteiger partial charge in [0.1, 0.15) is 6.04 Å². The SMILES string of the molecule is CC1SCC(C(=O)O)N1C(=O)NC1C=CS(=O)(=O)C1. The number of nitrogens with one attached hydrogen (secondary N) is 1. The van der Waals surface area contributed by atoms with Gasteiger partial charge < -0.3 is 10.4 Å². The largest absolute Gasteiger partial charge is 0.480 e. The van der Waals surface area contributed by atoms with Gasteiger partial charge in [0.25, 0.3) is 0 Å². The molecule has 0 aromatic heterocycles. The van der Waals surface area contributed by atoms with Crippen LogP contribution in [0.2, 0.25) is 0 Å². The van der Waals surface area contributed by atoms with Gasteiger partial charge in [-0.25, -0.2) is 18.0 Å². The lowest BCUT2D eigenvalue weighted by molar-refractivity contribution is -0.141. The highest BCUT2D eigenvalue weighted by atomic mass is 32.2. The summed E-state index contributed by atoms with van der Waals surface area (Å²) in [5.41, 5.74) is 0. The van der Waals surface area contributed by atoms with Crippen molar-refractivity contribution in [2.75, 3.05) is 11.5 Å². The van der Waals surface area contributed by atoms with Crippen molar-refractivity contribution in [3.8, 4) is 0 Å². The van der Waals surface area contributed by atoms with Gasteiger partial charge in [-0.2, -0.15) is 0 Å². The van der Waals surface area contributed by atoms with Crippen LogP contribution in [0.1, 0.15) is 6.92 Å². The van der Waals surface area contributed by atoms with Gasteiger partial charge in [0.15, 0.2) is 9.84 Å². The van der Waals surface area contributed by atoms with E-state index in [1.807, 2.05) is 0 Å². The number of carbonyl (C=O) groups excluding carboxylic acids is 1. The molecule has 7 nitrogen and oxygen atoms in total. The van der Waals surface area contributed by atoms with Crippen molar-refractivity contribution in [2.24, 2.45) is 0 Å². The number of rotatable bonds is 2. The molecule has 3 unspecified atom stereocenters. The zero-order valence-corrected chi connectivity index (χ0v) is 11.8. The number of hydrogen-bond acceptors (Lipinski definition) is 5. The number of thioether (sulfide) groups is 1. The van der Waals surface area contributed by atoms with Crippen LogP contribution in [-0.2, 0) is 14.6 Å². The number of aliphatic carboxylic acids is 1. The Labute approximate surface area is 114 Å². The van der Waals surface area contributed by atoms with Crippen molar-refractivity contribution >= 4 is 33.6 Å². The fourth-order valence-corrected chi connectivity index (χ4v) is 4.44. The van der Waals surface area contributed by atoms with Crippen LogP contribution in [0.15, 0.2) is 11.5 Å². The summed E-state index contributed by atoms with van der Waals surface area (Å²) < 4.78 is 22.5. The molecule has 1 saturated heterocycles. The van der Waals surface area contributed by atoms with E-state index < -0.39 is 33.9 Å². The van der Waals surface area contributed by atoms with Crippen molar-refractivity contribution in [2.45, 2.75) is 24.4 Å². The molecule has 2 rings (SSSR count). The standard InChI is InChI=1S/C10H14N2O5S2/c1-6-12(8(4-18-6)9(13)14)10(15)11-7-2-3-19(16,17)5-7/h2-3,6-8H,4-5H2,1H3,(H,11,15)(H,13,14). The maximum atomic E-state index is 12.0. The summed E-state index contributed by atoms with van der Waals surface area (Å²) in [6.07, 6.45) is 1.40. The summed E-state index contributed by atoms with van der Waals surface area (Å²) in [6.45, 7) is 1.74. The number of hydrogen-bond donors (Lipinski definition) is 2. The number of nitrogens with zero attached hydrogens (tertiary/aromatic N) is 1. The predicted octanol–water partition coefficient (Wildman–Crippen LogP) is -0.145. The van der Waals surface area contributed by atoms with Gasteiger partial charge in [0, 0.05) is 11.2 Å². The van der Waals surface area contributed by atoms with Crippen LogP contribution >= 0.6 is 11.8 Å². The van der Waals surface area contributed by atoms with Crippen molar-refractivity contribution in [3.05, 3.63) is 11.5 Å². The fourth-order valence-electron chi connectivity index (χ4n) is 2.04. The van der Waals surface area contributed by atoms with E-state index in [0.717, 1.165) is 5.41 Å². The maximum absolute atomic E-state index is 12.0. The highest BCUT2D eigenvalue weighted by Crippen LogP contribution is 2.28. The summed E-state index contributed by atoms with van der Waals surface area (Å²) >= 11 is 1.38. The fraction of sp³-hybridized carbons (Fsp3) is 0.600. The minimum atomic E-state index is -3.24. The average Bonchev–Trinajstić information content (AvgIpc) is 2.81. The molecule has 19 heavy (non-hydrogen) atoms. The van der Waals surface area contributed by atoms with E-state index in [1.165, 1.54) is 22.7 Å². The number of carboxylic acid groups (broad SMARTS) is 1. The van der Waals surface area contributed by atoms with Crippen molar-refractivity contribution in [1.82, 2.24) is 10.2 Å². The Bertz CT molecular complexity index is 530. The quantitative estimate of drug-likeness (QED) is 0.735. The van der Waals surface area contributed by atoms with E-state index in [2.05, 4.69) is 5.32 Å². The Morgan fingerprint density at radius 2 is 2.16 bits per heavy atom. The first-order valence-corrected chi connectivity index (χ1v) is 8.41. The van der Waals surface area contributed by atoms with Crippen LogP contribution in [0.5, 0.6) is 0 Å². The Morgan fingerprint density at radius 3 is 2.68 bits per heavy atom. The number of sulfone groups is 1. The third kappa shape index (κ3) is 3.03. The van der Waals surface area contributed by atoms with Crippen molar-refractivity contribution in [3.63, 3.8) is 0 Å². The predicted molar refractivity (Wildman–Crippen MR) is 70.4 cm³/mol. The Balaban J connectivity index is 2.03. The molecule has 0 aromatic carbocycles. The van der Waals surface area contributed by atoms with Crippen LogP contribution in [0, 0.1) is 0 Å². The second kappa shape index (κ2) is 5.04. The number of carbonyl (C=O) groups is 2. The lowest BCUT2D eigenvalue weighted by Gasteiger charge is -2.26. The molecule has 0 bridgehead atoms. The lowest BCUT2D eigenvalue weighted by atomic mass is 10.3. The molecule has 2 aliphatic rings. The van der Waals surface area contributed by atoms with Gasteiger partial charge in [-0.3, -0.25) is 4.90 Å². The van der Waals surface area contributed by atoms with Crippen LogP contribution in [0.25, 0.3) is 0 Å². The molecule has 2 aliphatic heterocycles. The number of amides is 2. The van der Waals surface area contributed by atoms with Gasteiger partial charge in [-0.05, 0) is 13.0 Å². The van der Waals surface area contributed by atoms with Crippen LogP contribution in [0.4, 0.5) is 4.79 Å². The summed E-state index contributed by atoms with van der Waals surface area (Å²) in [7, 11) is -3.24. The highest BCUT2D eigenvalue weighted by molar-refractivity contribution is 8.00. The highest BCUT2D eigenvalue weighted by Gasteiger charge is 2.40. The zero-order chi connectivity index (χ0) is 14.2. The van der Waals surface area contributed by atoms with E-state index in [0.29, 0.717) is 5.75 Å². The van der Waals surface area contributed by atoms with Crippen LogP contribution in [-0.4, -0.2) is 59.4 Å². The molecular formula is C10H14N2O5S2. The van der Waals surface area contributed by atoms with E-state index in [-0.39, 0.29) is 11.1 Å². The lowest BCUT2D eigenvalue weighted by Crippen LogP contribution is -2.52. The first kappa shape index (κ1) is 14.2. The molecule has 2 N–H and O–H groups in total. The van der Waals surface area contributed by atoms with Crippen molar-refractivity contribution in [1.29, 1.82) is 0 Å². The smallest absolute Gasteiger partial charge is 0.327 e. The van der Waals surface area contributed by atoms with Gasteiger partial charge in [-0.15, -0.1) is 11.8 Å². The summed E-state index contributed by atoms with van der Waals surface area (Å²) in [5.74, 6) is -0.893. The molecule has 1 fully saturated rings. The normalized spacial score (nSPS) is 32.5. The number of urea groups is 1. The molecule has 0 aromatic rings. The molecule has 0 saturated carbocycles. The third-order valence-electron chi connectivity index (χ3n) is 2.98. The first-order valence-electron chi connectivity index (χ1n) is 5.64. The van der Waals surface area contributed by atoms with Crippen molar-refractivity contribution < 1.29 is 23.1 Å². The second-order valence-electron chi connectivity index (χ2n) is 4.41. The van der Waals surface area contributed by atoms with E-state index in [9.17, 15) is 18.0 Å². The second-order valence-corrected chi connectivity index (χ2v) is 7.69. The Kier molecular flexibility index (Phi) is 3.77. The molecule has 0 aliphatic carbocycles. The Hall–Kier alpha value is -1.22. The topological polar surface area (TPSA) is 104 Å². The number of carboxylic acids is 1. The van der Waals surface area contributed by atoms with E-state index >= 15 is 0 Å². The molecule has 9 heteroatoms. The molecule has 2 amide bonds.